The highest BCUT2D eigenvalue weighted by atomic mass is 16.5. The average Bonchev–Trinajstić information content (AvgIpc) is 2.43. The molecule has 2 aromatic rings. The van der Waals surface area contributed by atoms with Crippen LogP contribution in [0.3, 0.4) is 0 Å². The van der Waals surface area contributed by atoms with Gasteiger partial charge in [-0.2, -0.15) is 0 Å². The number of anilines is 3. The second-order valence-electron chi connectivity index (χ2n) is 4.11. The van der Waals surface area contributed by atoms with E-state index in [0.29, 0.717) is 18.1 Å². The summed E-state index contributed by atoms with van der Waals surface area (Å²) in [6.07, 6.45) is 1.46. The van der Waals surface area contributed by atoms with Crippen LogP contribution in [0.25, 0.3) is 0 Å². The molecule has 6 nitrogen and oxygen atoms in total. The minimum Gasteiger partial charge on any atom is -0.494 e. The van der Waals surface area contributed by atoms with Crippen LogP contribution in [0.2, 0.25) is 0 Å². The number of aromatic nitrogens is 1. The Morgan fingerprint density at radius 3 is 2.65 bits per heavy atom. The van der Waals surface area contributed by atoms with Gasteiger partial charge in [0.1, 0.15) is 11.6 Å². The lowest BCUT2D eigenvalue weighted by molar-refractivity contribution is 0.100. The summed E-state index contributed by atoms with van der Waals surface area (Å²) in [5.74, 6) is 0.563. The average molecular weight is 272 g/mol. The minimum atomic E-state index is -0.585. The SMILES string of the molecule is CCOc1ccc(Nc2ncc(N)cc2C(N)=O)cc1. The van der Waals surface area contributed by atoms with Crippen LogP contribution in [-0.4, -0.2) is 17.5 Å². The summed E-state index contributed by atoms with van der Waals surface area (Å²) in [5.41, 5.74) is 12.3. The Morgan fingerprint density at radius 2 is 2.05 bits per heavy atom. The molecule has 0 atom stereocenters. The molecule has 0 radical (unpaired) electrons. The van der Waals surface area contributed by atoms with E-state index in [2.05, 4.69) is 10.3 Å². The summed E-state index contributed by atoms with van der Waals surface area (Å²) < 4.78 is 5.35. The van der Waals surface area contributed by atoms with Crippen molar-refractivity contribution in [1.82, 2.24) is 4.98 Å². The van der Waals surface area contributed by atoms with Crippen LogP contribution in [0.4, 0.5) is 17.2 Å². The fourth-order valence-corrected chi connectivity index (χ4v) is 1.71. The number of pyridine rings is 1. The van der Waals surface area contributed by atoms with Crippen LogP contribution in [0, 0.1) is 0 Å². The van der Waals surface area contributed by atoms with E-state index in [0.717, 1.165) is 11.4 Å². The van der Waals surface area contributed by atoms with Crippen molar-refractivity contribution in [3.8, 4) is 5.75 Å². The Bertz CT molecular complexity index is 611. The maximum atomic E-state index is 11.4. The standard InChI is InChI=1S/C14H16N4O2/c1-2-20-11-5-3-10(4-6-11)18-14-12(13(16)19)7-9(15)8-17-14/h3-8H,2,15H2,1H3,(H2,16,19)(H,17,18). The normalized spacial score (nSPS) is 10.1. The number of hydrogen-bond acceptors (Lipinski definition) is 5. The lowest BCUT2D eigenvalue weighted by atomic mass is 10.2. The summed E-state index contributed by atoms with van der Waals surface area (Å²) in [6, 6.07) is 8.80. The number of nitrogens with zero attached hydrogens (tertiary/aromatic N) is 1. The van der Waals surface area contributed by atoms with Crippen molar-refractivity contribution in [2.24, 2.45) is 5.73 Å². The summed E-state index contributed by atoms with van der Waals surface area (Å²) in [5, 5.41) is 3.03. The Labute approximate surface area is 116 Å². The Kier molecular flexibility index (Phi) is 4.05. The van der Waals surface area contributed by atoms with Crippen LogP contribution < -0.4 is 21.5 Å². The molecule has 0 spiro atoms. The third kappa shape index (κ3) is 3.17. The molecule has 0 saturated heterocycles. The number of amides is 1. The van der Waals surface area contributed by atoms with E-state index in [1.165, 1.54) is 12.3 Å². The molecule has 1 heterocycles. The smallest absolute Gasteiger partial charge is 0.252 e. The molecule has 0 unspecified atom stereocenters. The van der Waals surface area contributed by atoms with Crippen LogP contribution in [0.5, 0.6) is 5.75 Å². The van der Waals surface area contributed by atoms with Crippen molar-refractivity contribution >= 4 is 23.1 Å². The van der Waals surface area contributed by atoms with Crippen molar-refractivity contribution in [3.63, 3.8) is 0 Å². The zero-order chi connectivity index (χ0) is 14.5. The van der Waals surface area contributed by atoms with Crippen molar-refractivity contribution in [3.05, 3.63) is 42.1 Å². The Morgan fingerprint density at radius 1 is 1.35 bits per heavy atom. The number of rotatable bonds is 5. The second-order valence-corrected chi connectivity index (χ2v) is 4.11. The first-order valence-corrected chi connectivity index (χ1v) is 6.15. The summed E-state index contributed by atoms with van der Waals surface area (Å²) in [7, 11) is 0. The third-order valence-corrected chi connectivity index (χ3v) is 2.60. The maximum absolute atomic E-state index is 11.4. The first-order chi connectivity index (χ1) is 9.60. The minimum absolute atomic E-state index is 0.249. The number of primary amides is 1. The van der Waals surface area contributed by atoms with Gasteiger partial charge in [-0.3, -0.25) is 4.79 Å². The molecule has 1 amide bonds. The molecule has 6 heteroatoms. The number of ether oxygens (including phenoxy) is 1. The van der Waals surface area contributed by atoms with E-state index >= 15 is 0 Å². The molecule has 2 rings (SSSR count). The molecular formula is C14H16N4O2. The van der Waals surface area contributed by atoms with E-state index in [9.17, 15) is 4.79 Å². The van der Waals surface area contributed by atoms with Gasteiger partial charge in [-0.1, -0.05) is 0 Å². The van der Waals surface area contributed by atoms with Gasteiger partial charge in [0.2, 0.25) is 0 Å². The van der Waals surface area contributed by atoms with Gasteiger partial charge in [-0.05, 0) is 37.3 Å². The highest BCUT2D eigenvalue weighted by molar-refractivity contribution is 5.99. The van der Waals surface area contributed by atoms with Gasteiger partial charge in [-0.15, -0.1) is 0 Å². The molecule has 104 valence electrons. The first kappa shape index (κ1) is 13.7. The van der Waals surface area contributed by atoms with Crippen molar-refractivity contribution in [2.45, 2.75) is 6.92 Å². The van der Waals surface area contributed by atoms with Crippen molar-refractivity contribution < 1.29 is 9.53 Å². The number of nitrogens with one attached hydrogen (secondary N) is 1. The molecule has 5 N–H and O–H groups in total. The molecule has 1 aromatic heterocycles. The van der Waals surface area contributed by atoms with Gasteiger partial charge < -0.3 is 21.5 Å². The summed E-state index contributed by atoms with van der Waals surface area (Å²) >= 11 is 0. The van der Waals surface area contributed by atoms with E-state index in [-0.39, 0.29) is 5.56 Å². The summed E-state index contributed by atoms with van der Waals surface area (Å²) in [4.78, 5) is 15.5. The Hall–Kier alpha value is -2.76. The van der Waals surface area contributed by atoms with Crippen LogP contribution in [0.1, 0.15) is 17.3 Å². The highest BCUT2D eigenvalue weighted by Crippen LogP contribution is 2.22. The molecule has 0 fully saturated rings. The van der Waals surface area contributed by atoms with Crippen LogP contribution in [0.15, 0.2) is 36.5 Å². The summed E-state index contributed by atoms with van der Waals surface area (Å²) in [6.45, 7) is 2.53. The van der Waals surface area contributed by atoms with Gasteiger partial charge in [0.15, 0.2) is 0 Å². The van der Waals surface area contributed by atoms with Crippen molar-refractivity contribution in [2.75, 3.05) is 17.7 Å². The third-order valence-electron chi connectivity index (χ3n) is 2.60. The van der Waals surface area contributed by atoms with Crippen LogP contribution in [-0.2, 0) is 0 Å². The number of hydrogen-bond donors (Lipinski definition) is 3. The molecule has 0 aliphatic carbocycles. The number of carbonyl (C=O) groups is 1. The molecule has 0 bridgehead atoms. The lowest BCUT2D eigenvalue weighted by Gasteiger charge is -2.10. The van der Waals surface area contributed by atoms with Crippen molar-refractivity contribution in [1.29, 1.82) is 0 Å². The van der Waals surface area contributed by atoms with Gasteiger partial charge in [0.05, 0.1) is 24.1 Å². The number of benzene rings is 1. The molecule has 0 aliphatic heterocycles. The van der Waals surface area contributed by atoms with E-state index in [1.807, 2.05) is 31.2 Å². The molecule has 0 saturated carbocycles. The van der Waals surface area contributed by atoms with Crippen LogP contribution >= 0.6 is 0 Å². The van der Waals surface area contributed by atoms with Gasteiger partial charge in [0.25, 0.3) is 5.91 Å². The zero-order valence-corrected chi connectivity index (χ0v) is 11.1. The van der Waals surface area contributed by atoms with Gasteiger partial charge in [-0.25, -0.2) is 4.98 Å². The van der Waals surface area contributed by atoms with E-state index in [4.69, 9.17) is 16.2 Å². The number of nitrogen functional groups attached to an aromatic ring is 1. The Balaban J connectivity index is 2.23. The predicted octanol–water partition coefficient (Wildman–Crippen LogP) is 1.90. The molecule has 1 aromatic carbocycles. The van der Waals surface area contributed by atoms with Gasteiger partial charge in [0, 0.05) is 5.69 Å². The fraction of sp³-hybridized carbons (Fsp3) is 0.143. The molecule has 20 heavy (non-hydrogen) atoms. The second kappa shape index (κ2) is 5.92. The number of nitrogens with two attached hydrogens (primary N) is 2. The van der Waals surface area contributed by atoms with E-state index in [1.54, 1.807) is 0 Å². The maximum Gasteiger partial charge on any atom is 0.252 e. The fourth-order valence-electron chi connectivity index (χ4n) is 1.71. The number of carbonyl (C=O) groups excluding carboxylic acids is 1. The predicted molar refractivity (Wildman–Crippen MR) is 78.1 cm³/mol. The molecular weight excluding hydrogens is 256 g/mol. The molecule has 0 aliphatic rings. The first-order valence-electron chi connectivity index (χ1n) is 6.15. The highest BCUT2D eigenvalue weighted by Gasteiger charge is 2.10. The van der Waals surface area contributed by atoms with E-state index < -0.39 is 5.91 Å². The topological polar surface area (TPSA) is 103 Å². The zero-order valence-electron chi connectivity index (χ0n) is 11.1. The lowest BCUT2D eigenvalue weighted by Crippen LogP contribution is -2.14. The monoisotopic (exact) mass is 272 g/mol. The van der Waals surface area contributed by atoms with Gasteiger partial charge >= 0.3 is 0 Å². The largest absolute Gasteiger partial charge is 0.494 e. The quantitative estimate of drug-likeness (QED) is 0.771.